The van der Waals surface area contributed by atoms with Crippen LogP contribution in [0.2, 0.25) is 0 Å². The predicted molar refractivity (Wildman–Crippen MR) is 88.6 cm³/mol. The van der Waals surface area contributed by atoms with Crippen LogP contribution in [0.25, 0.3) is 11.0 Å². The first-order valence-corrected chi connectivity index (χ1v) is 8.02. The minimum absolute atomic E-state index is 0.212. The van der Waals surface area contributed by atoms with Crippen LogP contribution in [0.3, 0.4) is 0 Å². The Bertz CT molecular complexity index is 834. The minimum Gasteiger partial charge on any atom is -0.451 e. The zero-order valence-corrected chi connectivity index (χ0v) is 13.1. The molecule has 1 atom stereocenters. The summed E-state index contributed by atoms with van der Waals surface area (Å²) in [5, 5.41) is 8.70. The van der Waals surface area contributed by atoms with Gasteiger partial charge in [-0.25, -0.2) is 0 Å². The summed E-state index contributed by atoms with van der Waals surface area (Å²) in [5.74, 6) is 0.0263. The molecule has 2 amide bonds. The number of nitrogens with one attached hydrogen (secondary N) is 1. The Labute approximate surface area is 138 Å². The first-order chi connectivity index (χ1) is 11.6. The highest BCUT2D eigenvalue weighted by atomic mass is 16.3. The van der Waals surface area contributed by atoms with Gasteiger partial charge >= 0.3 is 0 Å². The first-order valence-electron chi connectivity index (χ1n) is 8.02. The monoisotopic (exact) mass is 323 g/mol. The number of rotatable bonds is 2. The van der Waals surface area contributed by atoms with Gasteiger partial charge in [-0.15, -0.1) is 0 Å². The molecule has 0 unspecified atom stereocenters. The van der Waals surface area contributed by atoms with Crippen LogP contribution in [-0.4, -0.2) is 40.0 Å². The van der Waals surface area contributed by atoms with Crippen LogP contribution in [0.5, 0.6) is 0 Å². The molecule has 0 saturated carbocycles. The van der Waals surface area contributed by atoms with Gasteiger partial charge in [0.25, 0.3) is 11.8 Å². The second-order valence-electron chi connectivity index (χ2n) is 6.05. The fourth-order valence-electron chi connectivity index (χ4n) is 3.32. The summed E-state index contributed by atoms with van der Waals surface area (Å²) < 4.78 is 5.64. The van der Waals surface area contributed by atoms with E-state index in [9.17, 15) is 9.59 Å². The molecule has 0 radical (unpaired) electrons. The second kappa shape index (κ2) is 5.63. The number of furan rings is 1. The maximum Gasteiger partial charge on any atom is 0.290 e. The van der Waals surface area contributed by atoms with Crippen molar-refractivity contribution < 1.29 is 14.0 Å². The molecule has 1 aromatic heterocycles. The highest BCUT2D eigenvalue weighted by Crippen LogP contribution is 2.26. The molecule has 6 heteroatoms. The number of amidine groups is 1. The Morgan fingerprint density at radius 1 is 1.25 bits per heavy atom. The molecule has 0 aliphatic carbocycles. The molecule has 0 bridgehead atoms. The van der Waals surface area contributed by atoms with E-state index in [1.54, 1.807) is 23.2 Å². The van der Waals surface area contributed by atoms with E-state index in [2.05, 4.69) is 0 Å². The van der Waals surface area contributed by atoms with Crippen LogP contribution < -0.4 is 0 Å². The summed E-state index contributed by atoms with van der Waals surface area (Å²) in [7, 11) is 0. The van der Waals surface area contributed by atoms with E-state index in [4.69, 9.17) is 9.83 Å². The number of fused-ring (bicyclic) bond motifs is 1. The van der Waals surface area contributed by atoms with Crippen LogP contribution in [0, 0.1) is 5.41 Å². The lowest BCUT2D eigenvalue weighted by molar-refractivity contribution is -0.129. The van der Waals surface area contributed by atoms with Gasteiger partial charge in [0.05, 0.1) is 0 Å². The van der Waals surface area contributed by atoms with E-state index < -0.39 is 6.04 Å². The number of carbonyl (C=O) groups excluding carboxylic acids is 2. The molecule has 4 rings (SSSR count). The Morgan fingerprint density at radius 3 is 2.83 bits per heavy atom. The van der Waals surface area contributed by atoms with Crippen molar-refractivity contribution in [3.8, 4) is 0 Å². The maximum absolute atomic E-state index is 12.8. The van der Waals surface area contributed by atoms with Gasteiger partial charge in [-0.3, -0.25) is 19.9 Å². The van der Waals surface area contributed by atoms with E-state index in [1.165, 1.54) is 4.90 Å². The Kier molecular flexibility index (Phi) is 3.45. The van der Waals surface area contributed by atoms with Crippen molar-refractivity contribution in [2.45, 2.75) is 25.3 Å². The lowest BCUT2D eigenvalue weighted by Crippen LogP contribution is -2.46. The molecule has 122 valence electrons. The number of amides is 2. The van der Waals surface area contributed by atoms with E-state index in [-0.39, 0.29) is 23.4 Å². The summed E-state index contributed by atoms with van der Waals surface area (Å²) in [5.41, 5.74) is 0.659. The quantitative estimate of drug-likeness (QED) is 0.923. The standard InChI is InChI=1S/C18H17N3O3/c19-16-8-4-10-21(16)17(22)13-6-3-9-20(13)18(23)15-11-12-5-1-2-7-14(12)24-15/h1-2,4-5,7,10-11,13,19H,3,6,8-9H2/t13-/m0/s1. The van der Waals surface area contributed by atoms with Crippen molar-refractivity contribution in [2.24, 2.45) is 0 Å². The lowest BCUT2D eigenvalue weighted by Gasteiger charge is -2.26. The summed E-state index contributed by atoms with van der Waals surface area (Å²) in [6, 6.07) is 8.63. The Hall–Kier alpha value is -2.89. The third-order valence-electron chi connectivity index (χ3n) is 4.53. The smallest absolute Gasteiger partial charge is 0.290 e. The molecular weight excluding hydrogens is 306 g/mol. The highest BCUT2D eigenvalue weighted by molar-refractivity contribution is 6.05. The largest absolute Gasteiger partial charge is 0.451 e. The fourth-order valence-corrected chi connectivity index (χ4v) is 3.32. The molecule has 2 aliphatic rings. The topological polar surface area (TPSA) is 77.6 Å². The van der Waals surface area contributed by atoms with Crippen LogP contribution >= 0.6 is 0 Å². The van der Waals surface area contributed by atoms with Crippen molar-refractivity contribution >= 4 is 28.6 Å². The molecule has 3 heterocycles. The van der Waals surface area contributed by atoms with Crippen molar-refractivity contribution in [1.82, 2.24) is 9.80 Å². The number of benzene rings is 1. The second-order valence-corrected chi connectivity index (χ2v) is 6.05. The number of carbonyl (C=O) groups is 2. The number of nitrogens with zero attached hydrogens (tertiary/aromatic N) is 2. The molecule has 24 heavy (non-hydrogen) atoms. The van der Waals surface area contributed by atoms with E-state index in [0.29, 0.717) is 25.0 Å². The van der Waals surface area contributed by atoms with Gasteiger partial charge in [-0.1, -0.05) is 24.3 Å². The van der Waals surface area contributed by atoms with Gasteiger partial charge in [-0.05, 0) is 25.0 Å². The summed E-state index contributed by atoms with van der Waals surface area (Å²) in [6.07, 6.45) is 5.24. The average Bonchev–Trinajstić information content (AvgIpc) is 3.32. The molecule has 1 saturated heterocycles. The van der Waals surface area contributed by atoms with Crippen LogP contribution in [0.15, 0.2) is 47.0 Å². The average molecular weight is 323 g/mol. The zero-order chi connectivity index (χ0) is 16.7. The molecule has 1 N–H and O–H groups in total. The first kappa shape index (κ1) is 14.7. The molecule has 2 aromatic rings. The van der Waals surface area contributed by atoms with Gasteiger partial charge in [-0.2, -0.15) is 0 Å². The number of hydrogen-bond acceptors (Lipinski definition) is 4. The predicted octanol–water partition coefficient (Wildman–Crippen LogP) is 2.76. The lowest BCUT2D eigenvalue weighted by atomic mass is 10.2. The molecular formula is C18H17N3O3. The van der Waals surface area contributed by atoms with Crippen molar-refractivity contribution in [3.63, 3.8) is 0 Å². The Morgan fingerprint density at radius 2 is 2.08 bits per heavy atom. The van der Waals surface area contributed by atoms with E-state index in [0.717, 1.165) is 11.8 Å². The molecule has 0 spiro atoms. The third-order valence-corrected chi connectivity index (χ3v) is 4.53. The van der Waals surface area contributed by atoms with Crippen LogP contribution in [0.4, 0.5) is 0 Å². The van der Waals surface area contributed by atoms with Crippen molar-refractivity contribution in [2.75, 3.05) is 6.54 Å². The molecule has 6 nitrogen and oxygen atoms in total. The van der Waals surface area contributed by atoms with E-state index in [1.807, 2.05) is 24.3 Å². The van der Waals surface area contributed by atoms with Crippen molar-refractivity contribution in [3.05, 3.63) is 48.4 Å². The summed E-state index contributed by atoms with van der Waals surface area (Å²) in [6.45, 7) is 0.525. The van der Waals surface area contributed by atoms with Crippen LogP contribution in [-0.2, 0) is 4.79 Å². The number of likely N-dealkylation sites (tertiary alicyclic amines) is 1. The SMILES string of the molecule is N=C1CC=CN1C(=O)[C@@H]1CCCN1C(=O)c1cc2ccccc2o1. The third kappa shape index (κ3) is 2.31. The summed E-state index contributed by atoms with van der Waals surface area (Å²) in [4.78, 5) is 28.4. The fraction of sp³-hybridized carbons (Fsp3) is 0.278. The van der Waals surface area contributed by atoms with Gasteiger partial charge in [0, 0.05) is 24.6 Å². The Balaban J connectivity index is 1.60. The minimum atomic E-state index is -0.534. The molecule has 1 aromatic carbocycles. The summed E-state index contributed by atoms with van der Waals surface area (Å²) >= 11 is 0. The van der Waals surface area contributed by atoms with Gasteiger partial charge in [0.15, 0.2) is 5.76 Å². The maximum atomic E-state index is 12.8. The number of hydrogen-bond donors (Lipinski definition) is 1. The number of para-hydroxylation sites is 1. The van der Waals surface area contributed by atoms with E-state index >= 15 is 0 Å². The van der Waals surface area contributed by atoms with Gasteiger partial charge < -0.3 is 9.32 Å². The van der Waals surface area contributed by atoms with Gasteiger partial charge in [0.1, 0.15) is 17.5 Å². The van der Waals surface area contributed by atoms with Gasteiger partial charge in [0.2, 0.25) is 0 Å². The molecule has 2 aliphatic heterocycles. The molecule has 1 fully saturated rings. The zero-order valence-electron chi connectivity index (χ0n) is 13.1. The van der Waals surface area contributed by atoms with Crippen LogP contribution in [0.1, 0.15) is 29.8 Å². The normalized spacial score (nSPS) is 20.3. The van der Waals surface area contributed by atoms with Crippen molar-refractivity contribution in [1.29, 1.82) is 5.41 Å². The highest BCUT2D eigenvalue weighted by Gasteiger charge is 2.38.